The number of nitrogen functional groups attached to an aromatic ring is 1. The van der Waals surface area contributed by atoms with Crippen LogP contribution in [0.15, 0.2) is 4.52 Å². The summed E-state index contributed by atoms with van der Waals surface area (Å²) in [6.45, 7) is 4.74. The van der Waals surface area contributed by atoms with Gasteiger partial charge in [0.2, 0.25) is 5.88 Å². The normalized spacial score (nSPS) is 16.7. The first-order chi connectivity index (χ1) is 7.20. The maximum absolute atomic E-state index is 12.0. The molecule has 3 N–H and O–H groups in total. The summed E-state index contributed by atoms with van der Waals surface area (Å²) in [5, 5.41) is 6.85. The van der Waals surface area contributed by atoms with Gasteiger partial charge in [-0.2, -0.15) is 0 Å². The van der Waals surface area contributed by atoms with Crippen molar-refractivity contribution in [3.63, 3.8) is 0 Å². The second-order valence-corrected chi connectivity index (χ2v) is 3.55. The molecule has 1 saturated heterocycles. The van der Waals surface area contributed by atoms with Gasteiger partial charge in [0, 0.05) is 26.2 Å². The Morgan fingerprint density at radius 2 is 2.20 bits per heavy atom. The highest BCUT2D eigenvalue weighted by Gasteiger charge is 2.24. The fraction of sp³-hybridized carbons (Fsp3) is 0.556. The number of amides is 1. The van der Waals surface area contributed by atoms with Crippen LogP contribution in [-0.4, -0.2) is 42.1 Å². The predicted molar refractivity (Wildman–Crippen MR) is 54.4 cm³/mol. The minimum Gasteiger partial charge on any atom is -0.367 e. The monoisotopic (exact) mass is 210 g/mol. The summed E-state index contributed by atoms with van der Waals surface area (Å²) in [6, 6.07) is 0. The van der Waals surface area contributed by atoms with Gasteiger partial charge in [-0.1, -0.05) is 5.16 Å². The van der Waals surface area contributed by atoms with Gasteiger partial charge in [0.15, 0.2) is 0 Å². The second kappa shape index (κ2) is 3.90. The number of aryl methyl sites for hydroxylation is 1. The quantitative estimate of drug-likeness (QED) is 0.659. The number of nitrogens with one attached hydrogen (secondary N) is 1. The molecule has 0 bridgehead atoms. The lowest BCUT2D eigenvalue weighted by Gasteiger charge is -2.27. The lowest BCUT2D eigenvalue weighted by molar-refractivity contribution is 0.0736. The Morgan fingerprint density at radius 3 is 2.73 bits per heavy atom. The summed E-state index contributed by atoms with van der Waals surface area (Å²) in [7, 11) is 0. The fourth-order valence-electron chi connectivity index (χ4n) is 1.67. The molecule has 0 unspecified atom stereocenters. The van der Waals surface area contributed by atoms with E-state index in [-0.39, 0.29) is 11.8 Å². The molecule has 2 heterocycles. The summed E-state index contributed by atoms with van der Waals surface area (Å²) in [5.41, 5.74) is 6.51. The molecule has 1 amide bonds. The topological polar surface area (TPSA) is 84.4 Å². The molecule has 0 radical (unpaired) electrons. The molecular weight excluding hydrogens is 196 g/mol. The summed E-state index contributed by atoms with van der Waals surface area (Å²) in [5.74, 6) is 0.0174. The lowest BCUT2D eigenvalue weighted by Crippen LogP contribution is -2.46. The van der Waals surface area contributed by atoms with Crippen molar-refractivity contribution in [2.75, 3.05) is 31.9 Å². The van der Waals surface area contributed by atoms with Gasteiger partial charge in [0.1, 0.15) is 5.56 Å². The second-order valence-electron chi connectivity index (χ2n) is 3.55. The molecule has 1 aliphatic rings. The zero-order chi connectivity index (χ0) is 10.8. The van der Waals surface area contributed by atoms with Crippen molar-refractivity contribution in [3.8, 4) is 0 Å². The van der Waals surface area contributed by atoms with E-state index in [0.717, 1.165) is 13.1 Å². The fourth-order valence-corrected chi connectivity index (χ4v) is 1.67. The Kier molecular flexibility index (Phi) is 2.59. The van der Waals surface area contributed by atoms with Gasteiger partial charge in [-0.05, 0) is 6.92 Å². The Labute approximate surface area is 87.4 Å². The molecule has 1 aromatic rings. The zero-order valence-corrected chi connectivity index (χ0v) is 8.62. The van der Waals surface area contributed by atoms with Crippen molar-refractivity contribution >= 4 is 11.8 Å². The number of carbonyl (C=O) groups excluding carboxylic acids is 1. The minimum absolute atomic E-state index is 0.0900. The molecule has 1 fully saturated rings. The van der Waals surface area contributed by atoms with E-state index in [1.807, 2.05) is 0 Å². The highest BCUT2D eigenvalue weighted by Crippen LogP contribution is 2.17. The van der Waals surface area contributed by atoms with Gasteiger partial charge >= 0.3 is 0 Å². The van der Waals surface area contributed by atoms with Crippen molar-refractivity contribution in [3.05, 3.63) is 11.3 Å². The lowest BCUT2D eigenvalue weighted by atomic mass is 10.2. The molecule has 82 valence electrons. The smallest absolute Gasteiger partial charge is 0.261 e. The number of rotatable bonds is 1. The number of carbonyl (C=O) groups is 1. The number of hydrogen-bond donors (Lipinski definition) is 2. The number of aromatic nitrogens is 1. The number of nitrogens with two attached hydrogens (primary N) is 1. The maximum Gasteiger partial charge on any atom is 0.261 e. The third-order valence-electron chi connectivity index (χ3n) is 2.51. The van der Waals surface area contributed by atoms with Gasteiger partial charge < -0.3 is 20.5 Å². The summed E-state index contributed by atoms with van der Waals surface area (Å²) in [6.07, 6.45) is 0. The van der Waals surface area contributed by atoms with Crippen LogP contribution in [-0.2, 0) is 0 Å². The van der Waals surface area contributed by atoms with Gasteiger partial charge in [0.25, 0.3) is 5.91 Å². The first-order valence-electron chi connectivity index (χ1n) is 4.92. The maximum atomic E-state index is 12.0. The zero-order valence-electron chi connectivity index (χ0n) is 8.62. The molecule has 0 atom stereocenters. The number of hydrogen-bond acceptors (Lipinski definition) is 5. The standard InChI is InChI=1S/C9H14N4O2/c1-6-7(8(10)15-12-6)9(14)13-4-2-11-3-5-13/h11H,2-5,10H2,1H3. The van der Waals surface area contributed by atoms with Crippen LogP contribution >= 0.6 is 0 Å². The molecule has 0 saturated carbocycles. The highest BCUT2D eigenvalue weighted by atomic mass is 16.5. The van der Waals surface area contributed by atoms with Crippen LogP contribution in [0.3, 0.4) is 0 Å². The highest BCUT2D eigenvalue weighted by molar-refractivity contribution is 5.99. The van der Waals surface area contributed by atoms with Crippen molar-refractivity contribution < 1.29 is 9.32 Å². The Balaban J connectivity index is 2.19. The van der Waals surface area contributed by atoms with Gasteiger partial charge in [-0.25, -0.2) is 0 Å². The third kappa shape index (κ3) is 1.80. The van der Waals surface area contributed by atoms with Gasteiger partial charge in [-0.3, -0.25) is 4.79 Å². The van der Waals surface area contributed by atoms with Crippen LogP contribution in [0.5, 0.6) is 0 Å². The molecule has 0 aromatic carbocycles. The van der Waals surface area contributed by atoms with E-state index in [1.54, 1.807) is 11.8 Å². The third-order valence-corrected chi connectivity index (χ3v) is 2.51. The van der Waals surface area contributed by atoms with E-state index in [1.165, 1.54) is 0 Å². The molecule has 0 aliphatic carbocycles. The largest absolute Gasteiger partial charge is 0.367 e. The van der Waals surface area contributed by atoms with Crippen LogP contribution in [0.1, 0.15) is 16.1 Å². The first kappa shape index (κ1) is 9.97. The van der Waals surface area contributed by atoms with Crippen molar-refractivity contribution in [1.29, 1.82) is 0 Å². The Morgan fingerprint density at radius 1 is 1.53 bits per heavy atom. The van der Waals surface area contributed by atoms with Crippen LogP contribution in [0.25, 0.3) is 0 Å². The van der Waals surface area contributed by atoms with Gasteiger partial charge in [0.05, 0.1) is 5.69 Å². The molecule has 15 heavy (non-hydrogen) atoms. The molecule has 2 rings (SSSR count). The van der Waals surface area contributed by atoms with Crippen LogP contribution in [0.2, 0.25) is 0 Å². The SMILES string of the molecule is Cc1noc(N)c1C(=O)N1CCNCC1. The number of nitrogens with zero attached hydrogens (tertiary/aromatic N) is 2. The van der Waals surface area contributed by atoms with E-state index in [2.05, 4.69) is 10.5 Å². The number of piperazine rings is 1. The molecular formula is C9H14N4O2. The van der Waals surface area contributed by atoms with E-state index in [9.17, 15) is 4.79 Å². The molecule has 1 aliphatic heterocycles. The van der Waals surface area contributed by atoms with Crippen LogP contribution in [0, 0.1) is 6.92 Å². The molecule has 0 spiro atoms. The summed E-state index contributed by atoms with van der Waals surface area (Å²) >= 11 is 0. The van der Waals surface area contributed by atoms with Crippen molar-refractivity contribution in [1.82, 2.24) is 15.4 Å². The van der Waals surface area contributed by atoms with E-state index < -0.39 is 0 Å². The summed E-state index contributed by atoms with van der Waals surface area (Å²) in [4.78, 5) is 13.8. The number of anilines is 1. The molecule has 6 nitrogen and oxygen atoms in total. The van der Waals surface area contributed by atoms with E-state index >= 15 is 0 Å². The van der Waals surface area contributed by atoms with Crippen LogP contribution in [0.4, 0.5) is 5.88 Å². The van der Waals surface area contributed by atoms with Gasteiger partial charge in [-0.15, -0.1) is 0 Å². The Hall–Kier alpha value is -1.56. The van der Waals surface area contributed by atoms with Crippen molar-refractivity contribution in [2.45, 2.75) is 6.92 Å². The average molecular weight is 210 g/mol. The first-order valence-corrected chi connectivity index (χ1v) is 4.92. The molecule has 1 aromatic heterocycles. The summed E-state index contributed by atoms with van der Waals surface area (Å²) < 4.78 is 4.77. The van der Waals surface area contributed by atoms with E-state index in [0.29, 0.717) is 24.3 Å². The minimum atomic E-state index is -0.0900. The van der Waals surface area contributed by atoms with Crippen LogP contribution < -0.4 is 11.1 Å². The Bertz CT molecular complexity index is 349. The van der Waals surface area contributed by atoms with Crippen molar-refractivity contribution in [2.24, 2.45) is 0 Å². The van der Waals surface area contributed by atoms with E-state index in [4.69, 9.17) is 10.3 Å². The average Bonchev–Trinajstić information content (AvgIpc) is 2.59. The molecule has 6 heteroatoms. The predicted octanol–water partition coefficient (Wildman–Crippen LogP) is -0.389.